The predicted molar refractivity (Wildman–Crippen MR) is 69.3 cm³/mol. The summed E-state index contributed by atoms with van der Waals surface area (Å²) < 4.78 is 10.5. The van der Waals surface area contributed by atoms with Crippen LogP contribution in [-0.2, 0) is 0 Å². The van der Waals surface area contributed by atoms with E-state index < -0.39 is 0 Å². The average Bonchev–Trinajstić information content (AvgIpc) is 2.31. The van der Waals surface area contributed by atoms with Crippen molar-refractivity contribution in [2.24, 2.45) is 0 Å². The van der Waals surface area contributed by atoms with Crippen LogP contribution in [0.1, 0.15) is 6.92 Å². The number of pyridine rings is 1. The van der Waals surface area contributed by atoms with Crippen molar-refractivity contribution in [1.82, 2.24) is 4.98 Å². The smallest absolute Gasteiger partial charge is 0.217 e. The summed E-state index contributed by atoms with van der Waals surface area (Å²) in [4.78, 5) is 4.37. The summed E-state index contributed by atoms with van der Waals surface area (Å²) in [5, 5.41) is 10.6. The normalized spacial score (nSPS) is 10.5. The number of aromatic hydroxyl groups is 1. The van der Waals surface area contributed by atoms with Gasteiger partial charge in [0, 0.05) is 11.5 Å². The van der Waals surface area contributed by atoms with E-state index in [0.717, 1.165) is 11.2 Å². The van der Waals surface area contributed by atoms with Gasteiger partial charge in [0.05, 0.1) is 19.2 Å². The number of aromatic nitrogens is 1. The van der Waals surface area contributed by atoms with Gasteiger partial charge in [0.25, 0.3) is 0 Å². The highest BCUT2D eigenvalue weighted by Crippen LogP contribution is 2.28. The third-order valence-corrected chi connectivity index (χ3v) is 2.65. The van der Waals surface area contributed by atoms with E-state index in [1.807, 2.05) is 20.8 Å². The standard InChI is InChI=1S/C12H14BNO3/c1-3-17-10-6-8(15)7-4-5-9(16-2)11(13)12(7)14-10/h4-6H,3,13H2,1-2H3,(H,14,15). The maximum absolute atomic E-state index is 9.91. The minimum absolute atomic E-state index is 0.171. The lowest BCUT2D eigenvalue weighted by Crippen LogP contribution is -2.10. The lowest BCUT2D eigenvalue weighted by atomic mass is 9.91. The molecule has 0 atom stereocenters. The molecular weight excluding hydrogens is 217 g/mol. The number of hydrogen-bond donors (Lipinski definition) is 1. The van der Waals surface area contributed by atoms with E-state index in [0.29, 0.717) is 23.4 Å². The van der Waals surface area contributed by atoms with Crippen molar-refractivity contribution in [3.05, 3.63) is 18.2 Å². The highest BCUT2D eigenvalue weighted by Gasteiger charge is 2.10. The summed E-state index contributed by atoms with van der Waals surface area (Å²) >= 11 is 0. The van der Waals surface area contributed by atoms with Crippen molar-refractivity contribution < 1.29 is 14.6 Å². The number of methoxy groups -OCH3 is 1. The Morgan fingerprint density at radius 1 is 1.41 bits per heavy atom. The van der Waals surface area contributed by atoms with Gasteiger partial charge in [-0.15, -0.1) is 0 Å². The fraction of sp³-hybridized carbons (Fsp3) is 0.250. The van der Waals surface area contributed by atoms with E-state index in [1.165, 1.54) is 6.07 Å². The summed E-state index contributed by atoms with van der Waals surface area (Å²) in [6.45, 7) is 2.39. The lowest BCUT2D eigenvalue weighted by Gasteiger charge is -2.10. The van der Waals surface area contributed by atoms with Gasteiger partial charge in [0.2, 0.25) is 5.88 Å². The molecule has 1 aromatic heterocycles. The fourth-order valence-electron chi connectivity index (χ4n) is 1.81. The van der Waals surface area contributed by atoms with Crippen LogP contribution in [0.15, 0.2) is 18.2 Å². The number of nitrogens with zero attached hydrogens (tertiary/aromatic N) is 1. The van der Waals surface area contributed by atoms with Gasteiger partial charge in [-0.05, 0) is 24.5 Å². The van der Waals surface area contributed by atoms with Crippen LogP contribution in [0, 0.1) is 0 Å². The van der Waals surface area contributed by atoms with E-state index in [2.05, 4.69) is 4.98 Å². The predicted octanol–water partition coefficient (Wildman–Crippen LogP) is 0.606. The Morgan fingerprint density at radius 2 is 2.18 bits per heavy atom. The molecule has 2 aromatic rings. The second-order valence-corrected chi connectivity index (χ2v) is 3.70. The van der Waals surface area contributed by atoms with Gasteiger partial charge in [0.1, 0.15) is 19.3 Å². The molecule has 1 aromatic carbocycles. The SMILES string of the molecule is Bc1c(OC)ccc2c(O)cc(OCC)nc12. The molecule has 5 heteroatoms. The van der Waals surface area contributed by atoms with Gasteiger partial charge in [-0.25, -0.2) is 4.98 Å². The van der Waals surface area contributed by atoms with Crippen LogP contribution in [-0.4, -0.2) is 31.7 Å². The summed E-state index contributed by atoms with van der Waals surface area (Å²) in [6.07, 6.45) is 0. The molecule has 0 unspecified atom stereocenters. The van der Waals surface area contributed by atoms with Crippen LogP contribution >= 0.6 is 0 Å². The van der Waals surface area contributed by atoms with Crippen molar-refractivity contribution in [2.45, 2.75) is 6.92 Å². The molecule has 0 bridgehead atoms. The van der Waals surface area contributed by atoms with Crippen LogP contribution in [0.4, 0.5) is 0 Å². The maximum Gasteiger partial charge on any atom is 0.217 e. The van der Waals surface area contributed by atoms with Gasteiger partial charge in [-0.3, -0.25) is 0 Å². The summed E-state index contributed by atoms with van der Waals surface area (Å²) in [7, 11) is 3.52. The Hall–Kier alpha value is -1.91. The molecule has 17 heavy (non-hydrogen) atoms. The van der Waals surface area contributed by atoms with Crippen molar-refractivity contribution >= 4 is 24.2 Å². The molecule has 4 nitrogen and oxygen atoms in total. The van der Waals surface area contributed by atoms with E-state index in [1.54, 1.807) is 13.2 Å². The molecule has 1 N–H and O–H groups in total. The van der Waals surface area contributed by atoms with Crippen molar-refractivity contribution in [2.75, 3.05) is 13.7 Å². The molecule has 88 valence electrons. The third kappa shape index (κ3) is 2.00. The molecular formula is C12H14BNO3. The molecule has 0 aliphatic rings. The van der Waals surface area contributed by atoms with Crippen LogP contribution in [0.2, 0.25) is 0 Å². The minimum atomic E-state index is 0.171. The first kappa shape index (κ1) is 11.6. The van der Waals surface area contributed by atoms with Gasteiger partial charge >= 0.3 is 0 Å². The first-order chi connectivity index (χ1) is 8.17. The number of fused-ring (bicyclic) bond motifs is 1. The molecule has 1 heterocycles. The van der Waals surface area contributed by atoms with Crippen LogP contribution < -0.4 is 14.9 Å². The zero-order chi connectivity index (χ0) is 12.4. The summed E-state index contributed by atoms with van der Waals surface area (Å²) in [6, 6.07) is 5.14. The lowest BCUT2D eigenvalue weighted by molar-refractivity contribution is 0.326. The maximum atomic E-state index is 9.91. The summed E-state index contributed by atoms with van der Waals surface area (Å²) in [5.74, 6) is 1.34. The highest BCUT2D eigenvalue weighted by molar-refractivity contribution is 6.40. The zero-order valence-electron chi connectivity index (χ0n) is 10.2. The van der Waals surface area contributed by atoms with Crippen molar-refractivity contribution in [3.8, 4) is 17.4 Å². The van der Waals surface area contributed by atoms with Gasteiger partial charge < -0.3 is 14.6 Å². The molecule has 0 amide bonds. The monoisotopic (exact) mass is 231 g/mol. The Labute approximate surface area is 101 Å². The molecule has 0 aliphatic carbocycles. The largest absolute Gasteiger partial charge is 0.507 e. The number of hydrogen-bond acceptors (Lipinski definition) is 4. The number of rotatable bonds is 3. The molecule has 0 spiro atoms. The molecule has 2 rings (SSSR count). The highest BCUT2D eigenvalue weighted by atomic mass is 16.5. The van der Waals surface area contributed by atoms with E-state index in [9.17, 15) is 5.11 Å². The van der Waals surface area contributed by atoms with Gasteiger partial charge in [0.15, 0.2) is 0 Å². The van der Waals surface area contributed by atoms with Crippen LogP contribution in [0.3, 0.4) is 0 Å². The van der Waals surface area contributed by atoms with Gasteiger partial charge in [-0.1, -0.05) is 0 Å². The van der Waals surface area contributed by atoms with E-state index in [4.69, 9.17) is 9.47 Å². The molecule has 0 fully saturated rings. The minimum Gasteiger partial charge on any atom is -0.507 e. The second-order valence-electron chi connectivity index (χ2n) is 3.70. The number of ether oxygens (including phenoxy) is 2. The summed E-state index contributed by atoms with van der Waals surface area (Å²) in [5.41, 5.74) is 1.59. The van der Waals surface area contributed by atoms with Crippen molar-refractivity contribution in [3.63, 3.8) is 0 Å². The fourth-order valence-corrected chi connectivity index (χ4v) is 1.81. The zero-order valence-corrected chi connectivity index (χ0v) is 10.2. The van der Waals surface area contributed by atoms with E-state index in [-0.39, 0.29) is 5.75 Å². The van der Waals surface area contributed by atoms with Gasteiger partial charge in [-0.2, -0.15) is 0 Å². The molecule has 0 saturated heterocycles. The van der Waals surface area contributed by atoms with Crippen LogP contribution in [0.25, 0.3) is 10.9 Å². The Morgan fingerprint density at radius 3 is 2.82 bits per heavy atom. The first-order valence-electron chi connectivity index (χ1n) is 5.47. The Balaban J connectivity index is 2.70. The van der Waals surface area contributed by atoms with Crippen LogP contribution in [0.5, 0.6) is 17.4 Å². The van der Waals surface area contributed by atoms with E-state index >= 15 is 0 Å². The topological polar surface area (TPSA) is 51.6 Å². The number of benzene rings is 1. The molecule has 0 aliphatic heterocycles. The Bertz CT molecular complexity index is 557. The first-order valence-corrected chi connectivity index (χ1v) is 5.47. The molecule has 0 radical (unpaired) electrons. The quantitative estimate of drug-likeness (QED) is 0.786. The molecule has 0 saturated carbocycles. The average molecular weight is 231 g/mol. The third-order valence-electron chi connectivity index (χ3n) is 2.65. The van der Waals surface area contributed by atoms with Crippen molar-refractivity contribution in [1.29, 1.82) is 0 Å². The second kappa shape index (κ2) is 4.53. The Kier molecular flexibility index (Phi) is 3.09.